The van der Waals surface area contributed by atoms with E-state index < -0.39 is 46.6 Å². The van der Waals surface area contributed by atoms with Crippen LogP contribution in [0, 0.1) is 11.3 Å². The molecule has 0 aliphatic carbocycles. The van der Waals surface area contributed by atoms with Crippen LogP contribution in [0.5, 0.6) is 0 Å². The molecular weight excluding hydrogens is 697 g/mol. The number of aliphatic hydroxyl groups excluding tert-OH is 1. The number of amides is 3. The Hall–Kier alpha value is -5.60. The molecular formula is C39H44N6O7S. The Kier molecular flexibility index (Phi) is 11.9. The molecule has 0 aliphatic heterocycles. The molecule has 3 aromatic heterocycles. The molecule has 0 fully saturated rings. The van der Waals surface area contributed by atoms with E-state index in [1.807, 2.05) is 70.3 Å². The minimum absolute atomic E-state index is 0.0527. The van der Waals surface area contributed by atoms with E-state index in [1.54, 1.807) is 42.0 Å². The van der Waals surface area contributed by atoms with Crippen molar-refractivity contribution in [3.05, 3.63) is 99.4 Å². The predicted octanol–water partition coefficient (Wildman–Crippen LogP) is 7.23. The second-order valence-electron chi connectivity index (χ2n) is 14.0. The largest absolute Gasteiger partial charge is 0.477 e. The smallest absolute Gasteiger partial charge is 0.408 e. The van der Waals surface area contributed by atoms with Gasteiger partial charge in [-0.15, -0.1) is 11.3 Å². The Morgan fingerprint density at radius 2 is 1.77 bits per heavy atom. The molecule has 1 unspecified atom stereocenters. The number of aromatic carboxylic acids is 1. The van der Waals surface area contributed by atoms with Gasteiger partial charge in [0, 0.05) is 40.8 Å². The average Bonchev–Trinajstić information content (AvgIpc) is 3.60. The Balaban J connectivity index is 1.59. The molecule has 5 N–H and O–H groups in total. The van der Waals surface area contributed by atoms with E-state index in [0.29, 0.717) is 39.5 Å². The van der Waals surface area contributed by atoms with Gasteiger partial charge in [-0.25, -0.2) is 24.4 Å². The summed E-state index contributed by atoms with van der Waals surface area (Å²) >= 11 is 1.33. The first-order valence-corrected chi connectivity index (χ1v) is 18.1. The van der Waals surface area contributed by atoms with Gasteiger partial charge in [0.05, 0.1) is 29.9 Å². The second kappa shape index (κ2) is 16.4. The van der Waals surface area contributed by atoms with Crippen LogP contribution in [0.3, 0.4) is 0 Å². The van der Waals surface area contributed by atoms with Crippen molar-refractivity contribution in [2.45, 2.75) is 60.2 Å². The zero-order chi connectivity index (χ0) is 38.4. The first-order valence-electron chi connectivity index (χ1n) is 17.2. The van der Waals surface area contributed by atoms with Crippen LogP contribution in [0.4, 0.5) is 15.4 Å². The molecule has 0 bridgehead atoms. The Bertz CT molecular complexity index is 2180. The third kappa shape index (κ3) is 8.90. The fourth-order valence-electron chi connectivity index (χ4n) is 5.99. The zero-order valence-electron chi connectivity index (χ0n) is 30.5. The molecule has 0 radical (unpaired) electrons. The van der Waals surface area contributed by atoms with Gasteiger partial charge >= 0.3 is 18.1 Å². The van der Waals surface area contributed by atoms with Crippen LogP contribution in [0.1, 0.15) is 75.2 Å². The summed E-state index contributed by atoms with van der Waals surface area (Å²) in [5, 5.41) is 31.2. The van der Waals surface area contributed by atoms with Gasteiger partial charge in [0.2, 0.25) is 5.43 Å². The van der Waals surface area contributed by atoms with Crippen LogP contribution in [-0.4, -0.2) is 56.0 Å². The minimum Gasteiger partial charge on any atom is -0.477 e. The predicted molar refractivity (Wildman–Crippen MR) is 205 cm³/mol. The molecule has 0 spiro atoms. The van der Waals surface area contributed by atoms with Crippen molar-refractivity contribution in [2.24, 2.45) is 11.3 Å². The molecule has 5 aromatic rings. The van der Waals surface area contributed by atoms with Gasteiger partial charge < -0.3 is 30.2 Å². The van der Waals surface area contributed by atoms with Crippen LogP contribution in [-0.2, 0) is 11.3 Å². The van der Waals surface area contributed by atoms with Crippen LogP contribution >= 0.6 is 11.3 Å². The first kappa shape index (κ1) is 38.6. The molecule has 0 aliphatic rings. The topological polar surface area (TPSA) is 185 Å². The highest BCUT2D eigenvalue weighted by atomic mass is 32.1. The first-order chi connectivity index (χ1) is 25.2. The van der Waals surface area contributed by atoms with E-state index in [0.717, 1.165) is 5.56 Å². The average molecular weight is 741 g/mol. The van der Waals surface area contributed by atoms with Gasteiger partial charge in [0.1, 0.15) is 23.0 Å². The minimum atomic E-state index is -1.38. The summed E-state index contributed by atoms with van der Waals surface area (Å²) in [5.41, 5.74) is 2.05. The summed E-state index contributed by atoms with van der Waals surface area (Å²) in [6, 6.07) is 14.7. The number of carbonyl (C=O) groups is 3. The van der Waals surface area contributed by atoms with Crippen molar-refractivity contribution in [2.75, 3.05) is 18.5 Å². The number of hydrogen-bond acceptors (Lipinski definition) is 9. The fourth-order valence-corrected chi connectivity index (χ4v) is 6.88. The number of rotatable bonds is 12. The summed E-state index contributed by atoms with van der Waals surface area (Å²) in [5.74, 6) is -1.18. The van der Waals surface area contributed by atoms with Crippen LogP contribution < -0.4 is 21.4 Å². The van der Waals surface area contributed by atoms with Crippen molar-refractivity contribution >= 4 is 46.2 Å². The molecule has 2 aromatic carbocycles. The van der Waals surface area contributed by atoms with E-state index in [1.165, 1.54) is 17.5 Å². The fraction of sp³-hybridized carbons (Fsp3) is 0.333. The van der Waals surface area contributed by atoms with Crippen LogP contribution in [0.2, 0.25) is 0 Å². The van der Waals surface area contributed by atoms with Gasteiger partial charge in [0.15, 0.2) is 0 Å². The van der Waals surface area contributed by atoms with Crippen molar-refractivity contribution in [3.8, 4) is 21.7 Å². The maximum Gasteiger partial charge on any atom is 0.408 e. The molecule has 13 nitrogen and oxygen atoms in total. The number of thiazole rings is 1. The van der Waals surface area contributed by atoms with Gasteiger partial charge in [0.25, 0.3) is 0 Å². The van der Waals surface area contributed by atoms with E-state index in [2.05, 4.69) is 20.9 Å². The quantitative estimate of drug-likeness (QED) is 0.0880. The highest BCUT2D eigenvalue weighted by Crippen LogP contribution is 2.38. The number of aliphatic hydroxyl groups is 1. The Morgan fingerprint density at radius 1 is 1.04 bits per heavy atom. The number of nitrogens with zero attached hydrogens (tertiary/aromatic N) is 3. The molecule has 3 heterocycles. The van der Waals surface area contributed by atoms with Crippen molar-refractivity contribution < 1.29 is 29.3 Å². The monoisotopic (exact) mass is 740 g/mol. The molecule has 14 heteroatoms. The van der Waals surface area contributed by atoms with Gasteiger partial charge in [-0.3, -0.25) is 10.1 Å². The maximum atomic E-state index is 13.6. The SMILES string of the molecule is CCNC(=O)Nc1cc(-c2nc([C@H](NC(=O)OCc3ccccc3)C(C)C)cs2)c(-c2ccc3c(c2)c(=O)c(C(=O)O)cn3C(CO)C(C)(C)C)cn1. The van der Waals surface area contributed by atoms with Gasteiger partial charge in [-0.2, -0.15) is 0 Å². The van der Waals surface area contributed by atoms with Crippen molar-refractivity contribution in [3.63, 3.8) is 0 Å². The molecule has 5 rings (SSSR count). The standard InChI is InChI=1S/C39H44N6O7S/c1-7-40-37(50)43-32-16-25(35-42-29(21-53-35)33(22(2)3)44-38(51)52-20-23-11-9-8-10-12-23)27(17-41-32)24-13-14-30-26(15-24)34(47)28(36(48)49)18-45(30)31(19-46)39(4,5)6/h8-18,21-22,31,33,46H,7,19-20H2,1-6H3,(H,44,51)(H,48,49)(H2,40,41,43,50)/t31?,33-/m1/s1. The zero-order valence-corrected chi connectivity index (χ0v) is 31.3. The number of nitrogens with one attached hydrogen (secondary N) is 3. The number of carboxylic acid groups (broad SMARTS) is 1. The number of carbonyl (C=O) groups excluding carboxylic acids is 2. The third-order valence-corrected chi connectivity index (χ3v) is 9.68. The van der Waals surface area contributed by atoms with Crippen LogP contribution in [0.25, 0.3) is 32.6 Å². The van der Waals surface area contributed by atoms with Crippen LogP contribution in [0.15, 0.2) is 77.2 Å². The van der Waals surface area contributed by atoms with E-state index >= 15 is 0 Å². The summed E-state index contributed by atoms with van der Waals surface area (Å²) < 4.78 is 7.13. The highest BCUT2D eigenvalue weighted by molar-refractivity contribution is 7.13. The van der Waals surface area contributed by atoms with Gasteiger partial charge in [-0.05, 0) is 47.6 Å². The number of alkyl carbamates (subject to hydrolysis) is 1. The van der Waals surface area contributed by atoms with E-state index in [-0.39, 0.29) is 30.3 Å². The number of benzene rings is 2. The lowest BCUT2D eigenvalue weighted by Crippen LogP contribution is -2.32. The number of fused-ring (bicyclic) bond motifs is 1. The third-order valence-electron chi connectivity index (χ3n) is 8.79. The van der Waals surface area contributed by atoms with Gasteiger partial charge in [-0.1, -0.05) is 71.0 Å². The van der Waals surface area contributed by atoms with Crippen molar-refractivity contribution in [1.82, 2.24) is 25.2 Å². The lowest BCUT2D eigenvalue weighted by Gasteiger charge is -2.32. The lowest BCUT2D eigenvalue weighted by atomic mass is 9.86. The summed E-state index contributed by atoms with van der Waals surface area (Å²) in [7, 11) is 0. The summed E-state index contributed by atoms with van der Waals surface area (Å²) in [6.45, 7) is 11.7. The van der Waals surface area contributed by atoms with E-state index in [9.17, 15) is 29.4 Å². The maximum absolute atomic E-state index is 13.6. The molecule has 0 saturated heterocycles. The second-order valence-corrected chi connectivity index (χ2v) is 14.8. The Labute approximate surface area is 311 Å². The number of anilines is 1. The normalized spacial score (nSPS) is 12.7. The molecule has 2 atom stereocenters. The number of urea groups is 1. The number of carboxylic acids is 1. The summed E-state index contributed by atoms with van der Waals surface area (Å²) in [4.78, 5) is 60.6. The number of ether oxygens (including phenoxy) is 1. The van der Waals surface area contributed by atoms with E-state index in [4.69, 9.17) is 9.72 Å². The lowest BCUT2D eigenvalue weighted by molar-refractivity contribution is 0.0692. The molecule has 53 heavy (non-hydrogen) atoms. The van der Waals surface area contributed by atoms with Crippen molar-refractivity contribution in [1.29, 1.82) is 0 Å². The highest BCUT2D eigenvalue weighted by Gasteiger charge is 2.29. The number of pyridine rings is 2. The number of aromatic nitrogens is 3. The summed E-state index contributed by atoms with van der Waals surface area (Å²) in [6.07, 6.45) is 2.27. The number of hydrogen-bond donors (Lipinski definition) is 5. The Morgan fingerprint density at radius 3 is 2.42 bits per heavy atom. The molecule has 278 valence electrons. The molecule has 0 saturated carbocycles. The molecule has 3 amide bonds.